The second-order valence-corrected chi connectivity index (χ2v) is 4.26. The molecule has 1 atom stereocenters. The number of pyridine rings is 1. The number of aryl methyl sites for hydroxylation is 1. The van der Waals surface area contributed by atoms with Crippen molar-refractivity contribution in [3.8, 4) is 0 Å². The van der Waals surface area contributed by atoms with Gasteiger partial charge in [0, 0.05) is 12.8 Å². The average molecular weight is 222 g/mol. The molecule has 0 amide bonds. The normalized spacial score (nSPS) is 13.1. The molecule has 0 spiro atoms. The molecule has 1 unspecified atom stereocenters. The molecule has 0 saturated carbocycles. The summed E-state index contributed by atoms with van der Waals surface area (Å²) in [4.78, 5) is 4.43. The molecule has 3 nitrogen and oxygen atoms in total. The van der Waals surface area contributed by atoms with Crippen LogP contribution in [0.5, 0.6) is 0 Å². The number of hydrogen-bond acceptors (Lipinski definition) is 3. The summed E-state index contributed by atoms with van der Waals surface area (Å²) in [6.45, 7) is 6.97. The third kappa shape index (κ3) is 3.91. The Kier molecular flexibility index (Phi) is 5.43. The van der Waals surface area contributed by atoms with E-state index in [-0.39, 0.29) is 6.04 Å². The van der Waals surface area contributed by atoms with Crippen LogP contribution in [0.25, 0.3) is 0 Å². The maximum Gasteiger partial charge on any atom is 0.0603 e. The van der Waals surface area contributed by atoms with Crippen molar-refractivity contribution in [2.24, 2.45) is 0 Å². The minimum absolute atomic E-state index is 0.278. The molecular weight excluding hydrogens is 200 g/mol. The molecule has 1 heterocycles. The number of nitrogens with zero attached hydrogens (tertiary/aromatic N) is 1. The van der Waals surface area contributed by atoms with Gasteiger partial charge in [-0.15, -0.1) is 0 Å². The first-order chi connectivity index (χ1) is 7.65. The lowest BCUT2D eigenvalue weighted by Crippen LogP contribution is -2.21. The maximum absolute atomic E-state index is 5.57. The van der Waals surface area contributed by atoms with Gasteiger partial charge in [-0.2, -0.15) is 0 Å². The highest BCUT2D eigenvalue weighted by molar-refractivity contribution is 5.20. The summed E-state index contributed by atoms with van der Waals surface area (Å²) in [5.74, 6) is 0. The highest BCUT2D eigenvalue weighted by Gasteiger charge is 2.12. The van der Waals surface area contributed by atoms with Gasteiger partial charge in [-0.05, 0) is 45.9 Å². The largest absolute Gasteiger partial charge is 0.379 e. The van der Waals surface area contributed by atoms with E-state index in [4.69, 9.17) is 4.74 Å². The van der Waals surface area contributed by atoms with Gasteiger partial charge in [0.25, 0.3) is 0 Å². The fourth-order valence-electron chi connectivity index (χ4n) is 1.70. The molecule has 0 aliphatic heterocycles. The highest BCUT2D eigenvalue weighted by atomic mass is 16.5. The van der Waals surface area contributed by atoms with E-state index in [9.17, 15) is 0 Å². The van der Waals surface area contributed by atoms with Crippen LogP contribution in [0.15, 0.2) is 18.3 Å². The Morgan fingerprint density at radius 2 is 2.19 bits per heavy atom. The summed E-state index contributed by atoms with van der Waals surface area (Å²) >= 11 is 0. The molecule has 0 bridgehead atoms. The minimum atomic E-state index is 0.278. The van der Waals surface area contributed by atoms with Crippen LogP contribution in [-0.2, 0) is 4.74 Å². The fraction of sp³-hybridized carbons (Fsp3) is 0.615. The number of ether oxygens (including phenoxy) is 1. The van der Waals surface area contributed by atoms with Crippen LogP contribution in [0.1, 0.15) is 37.6 Å². The molecule has 3 heteroatoms. The van der Waals surface area contributed by atoms with Gasteiger partial charge in [0.2, 0.25) is 0 Å². The first-order valence-corrected chi connectivity index (χ1v) is 5.85. The summed E-state index contributed by atoms with van der Waals surface area (Å²) in [5, 5.41) is 3.29. The van der Waals surface area contributed by atoms with Crippen molar-refractivity contribution in [2.45, 2.75) is 39.3 Å². The fourth-order valence-corrected chi connectivity index (χ4v) is 1.70. The Hall–Kier alpha value is -0.930. The quantitative estimate of drug-likeness (QED) is 0.803. The second-order valence-electron chi connectivity index (χ2n) is 4.26. The van der Waals surface area contributed by atoms with E-state index in [1.807, 2.05) is 19.3 Å². The van der Waals surface area contributed by atoms with Crippen molar-refractivity contribution in [1.29, 1.82) is 0 Å². The van der Waals surface area contributed by atoms with Crippen LogP contribution in [0.2, 0.25) is 0 Å². The minimum Gasteiger partial charge on any atom is -0.379 e. The van der Waals surface area contributed by atoms with Gasteiger partial charge in [-0.1, -0.05) is 6.07 Å². The zero-order chi connectivity index (χ0) is 12.0. The predicted octanol–water partition coefficient (Wildman–Crippen LogP) is 2.47. The zero-order valence-corrected chi connectivity index (χ0v) is 10.7. The lowest BCUT2D eigenvalue weighted by Gasteiger charge is -2.18. The van der Waals surface area contributed by atoms with E-state index >= 15 is 0 Å². The standard InChI is InChI=1S/C13H22N2O/c1-10(2)16-9-7-12(14-4)13-11(3)6-5-8-15-13/h5-6,8,10,12,14H,7,9H2,1-4H3. The summed E-state index contributed by atoms with van der Waals surface area (Å²) < 4.78 is 5.57. The van der Waals surface area contributed by atoms with E-state index in [1.165, 1.54) is 5.56 Å². The van der Waals surface area contributed by atoms with Crippen LogP contribution >= 0.6 is 0 Å². The predicted molar refractivity (Wildman–Crippen MR) is 66.5 cm³/mol. The van der Waals surface area contributed by atoms with Gasteiger partial charge in [0.05, 0.1) is 17.8 Å². The third-order valence-electron chi connectivity index (χ3n) is 2.59. The summed E-state index contributed by atoms with van der Waals surface area (Å²) in [5.41, 5.74) is 2.35. The smallest absolute Gasteiger partial charge is 0.0603 e. The Balaban J connectivity index is 2.57. The van der Waals surface area contributed by atoms with Gasteiger partial charge in [-0.3, -0.25) is 4.98 Å². The Bertz CT molecular complexity index is 313. The lowest BCUT2D eigenvalue weighted by molar-refractivity contribution is 0.0716. The highest BCUT2D eigenvalue weighted by Crippen LogP contribution is 2.17. The number of hydrogen-bond donors (Lipinski definition) is 1. The van der Waals surface area contributed by atoms with Gasteiger partial charge < -0.3 is 10.1 Å². The molecule has 1 N–H and O–H groups in total. The molecule has 1 rings (SSSR count). The van der Waals surface area contributed by atoms with Crippen molar-refractivity contribution >= 4 is 0 Å². The van der Waals surface area contributed by atoms with E-state index in [0.717, 1.165) is 18.7 Å². The van der Waals surface area contributed by atoms with Gasteiger partial charge in [-0.25, -0.2) is 0 Å². The van der Waals surface area contributed by atoms with Crippen LogP contribution < -0.4 is 5.32 Å². The Morgan fingerprint density at radius 1 is 1.44 bits per heavy atom. The van der Waals surface area contributed by atoms with Crippen molar-refractivity contribution in [1.82, 2.24) is 10.3 Å². The molecule has 1 aromatic rings. The van der Waals surface area contributed by atoms with Gasteiger partial charge in [0.15, 0.2) is 0 Å². The van der Waals surface area contributed by atoms with Gasteiger partial charge in [0.1, 0.15) is 0 Å². The van der Waals surface area contributed by atoms with Crippen molar-refractivity contribution in [3.63, 3.8) is 0 Å². The summed E-state index contributed by atoms with van der Waals surface area (Å²) in [7, 11) is 1.97. The van der Waals surface area contributed by atoms with Gasteiger partial charge >= 0.3 is 0 Å². The van der Waals surface area contributed by atoms with Crippen LogP contribution in [0.4, 0.5) is 0 Å². The Labute approximate surface area is 98.2 Å². The average Bonchev–Trinajstić information content (AvgIpc) is 2.25. The van der Waals surface area contributed by atoms with Crippen LogP contribution in [0.3, 0.4) is 0 Å². The molecule has 0 aliphatic rings. The third-order valence-corrected chi connectivity index (χ3v) is 2.59. The molecule has 0 aromatic carbocycles. The molecule has 0 saturated heterocycles. The van der Waals surface area contributed by atoms with E-state index in [1.54, 1.807) is 0 Å². The lowest BCUT2D eigenvalue weighted by atomic mass is 10.1. The first kappa shape index (κ1) is 13.1. The van der Waals surface area contributed by atoms with Crippen molar-refractivity contribution in [3.05, 3.63) is 29.6 Å². The van der Waals surface area contributed by atoms with Crippen molar-refractivity contribution < 1.29 is 4.74 Å². The Morgan fingerprint density at radius 3 is 2.75 bits per heavy atom. The topological polar surface area (TPSA) is 34.1 Å². The van der Waals surface area contributed by atoms with Crippen molar-refractivity contribution in [2.75, 3.05) is 13.7 Å². The first-order valence-electron chi connectivity index (χ1n) is 5.85. The van der Waals surface area contributed by atoms with Crippen LogP contribution in [0, 0.1) is 6.92 Å². The number of aromatic nitrogens is 1. The van der Waals surface area contributed by atoms with E-state index < -0.39 is 0 Å². The van der Waals surface area contributed by atoms with E-state index in [2.05, 4.69) is 37.1 Å². The summed E-state index contributed by atoms with van der Waals surface area (Å²) in [6, 6.07) is 4.34. The SMILES string of the molecule is CNC(CCOC(C)C)c1ncccc1C. The molecule has 90 valence electrons. The molecule has 16 heavy (non-hydrogen) atoms. The zero-order valence-electron chi connectivity index (χ0n) is 10.7. The monoisotopic (exact) mass is 222 g/mol. The molecular formula is C13H22N2O. The number of rotatable bonds is 6. The van der Waals surface area contributed by atoms with Crippen LogP contribution in [-0.4, -0.2) is 24.7 Å². The molecule has 0 aliphatic carbocycles. The number of nitrogens with one attached hydrogen (secondary N) is 1. The molecule has 1 aromatic heterocycles. The maximum atomic E-state index is 5.57. The van der Waals surface area contributed by atoms with E-state index in [0.29, 0.717) is 6.10 Å². The molecule has 0 fully saturated rings. The molecule has 0 radical (unpaired) electrons. The second kappa shape index (κ2) is 6.61. The summed E-state index contributed by atoms with van der Waals surface area (Å²) in [6.07, 6.45) is 3.09.